The fourth-order valence-corrected chi connectivity index (χ4v) is 3.11. The summed E-state index contributed by atoms with van der Waals surface area (Å²) in [6, 6.07) is -0.477. The van der Waals surface area contributed by atoms with Gasteiger partial charge in [-0.15, -0.1) is 11.8 Å². The lowest BCUT2D eigenvalue weighted by Crippen LogP contribution is -2.51. The monoisotopic (exact) mass is 244 g/mol. The number of carboxylic acid groups (broad SMARTS) is 1. The number of nitrogens with zero attached hydrogens (tertiary/aromatic N) is 2. The highest BCUT2D eigenvalue weighted by Crippen LogP contribution is 2.27. The zero-order valence-corrected chi connectivity index (χ0v) is 10.1. The summed E-state index contributed by atoms with van der Waals surface area (Å²) in [5, 5.41) is 9.00. The SMILES string of the molecule is CN(C(=O)N1CSC[C@H]1C(=O)O)C1CCC1. The van der Waals surface area contributed by atoms with Crippen LogP contribution < -0.4 is 0 Å². The number of hydrogen-bond donors (Lipinski definition) is 1. The van der Waals surface area contributed by atoms with E-state index in [4.69, 9.17) is 5.11 Å². The summed E-state index contributed by atoms with van der Waals surface area (Å²) >= 11 is 1.50. The van der Waals surface area contributed by atoms with Crippen molar-refractivity contribution in [2.24, 2.45) is 0 Å². The number of carbonyl (C=O) groups is 2. The molecule has 0 spiro atoms. The summed E-state index contributed by atoms with van der Waals surface area (Å²) in [7, 11) is 1.77. The highest BCUT2D eigenvalue weighted by molar-refractivity contribution is 7.99. The number of urea groups is 1. The summed E-state index contributed by atoms with van der Waals surface area (Å²) in [5.74, 6) is 0.0901. The Balaban J connectivity index is 1.99. The molecule has 2 rings (SSSR count). The van der Waals surface area contributed by atoms with Crippen molar-refractivity contribution in [3.8, 4) is 0 Å². The van der Waals surface area contributed by atoms with Crippen molar-refractivity contribution in [1.29, 1.82) is 0 Å². The van der Waals surface area contributed by atoms with Crippen LogP contribution in [0.3, 0.4) is 0 Å². The van der Waals surface area contributed by atoms with E-state index >= 15 is 0 Å². The van der Waals surface area contributed by atoms with Crippen molar-refractivity contribution in [2.75, 3.05) is 18.7 Å². The maximum Gasteiger partial charge on any atom is 0.327 e. The molecule has 1 aliphatic heterocycles. The van der Waals surface area contributed by atoms with Gasteiger partial charge in [0.15, 0.2) is 0 Å². The smallest absolute Gasteiger partial charge is 0.327 e. The van der Waals surface area contributed by atoms with Crippen LogP contribution >= 0.6 is 11.8 Å². The molecule has 90 valence electrons. The van der Waals surface area contributed by atoms with E-state index in [9.17, 15) is 9.59 Å². The molecule has 0 aromatic carbocycles. The minimum Gasteiger partial charge on any atom is -0.480 e. The van der Waals surface area contributed by atoms with Crippen LogP contribution in [-0.2, 0) is 4.79 Å². The van der Waals surface area contributed by atoms with E-state index in [1.807, 2.05) is 0 Å². The molecular weight excluding hydrogens is 228 g/mol. The van der Waals surface area contributed by atoms with Crippen molar-refractivity contribution in [2.45, 2.75) is 31.3 Å². The van der Waals surface area contributed by atoms with Gasteiger partial charge in [0.1, 0.15) is 6.04 Å². The third-order valence-corrected chi connectivity index (χ3v) is 4.35. The molecule has 1 saturated heterocycles. The summed E-state index contributed by atoms with van der Waals surface area (Å²) in [6.07, 6.45) is 3.25. The predicted octanol–water partition coefficient (Wildman–Crippen LogP) is 1.05. The number of carboxylic acids is 1. The van der Waals surface area contributed by atoms with Crippen molar-refractivity contribution < 1.29 is 14.7 Å². The van der Waals surface area contributed by atoms with E-state index in [2.05, 4.69) is 0 Å². The Morgan fingerprint density at radius 2 is 2.12 bits per heavy atom. The van der Waals surface area contributed by atoms with Crippen molar-refractivity contribution in [3.05, 3.63) is 0 Å². The molecule has 16 heavy (non-hydrogen) atoms. The zero-order valence-electron chi connectivity index (χ0n) is 9.26. The maximum absolute atomic E-state index is 12.1. The lowest BCUT2D eigenvalue weighted by molar-refractivity contribution is -0.141. The van der Waals surface area contributed by atoms with Crippen LogP contribution in [-0.4, -0.2) is 57.7 Å². The predicted molar refractivity (Wildman–Crippen MR) is 61.4 cm³/mol. The second-order valence-electron chi connectivity index (χ2n) is 4.30. The molecule has 1 heterocycles. The Hall–Kier alpha value is -0.910. The van der Waals surface area contributed by atoms with Crippen LogP contribution in [0.15, 0.2) is 0 Å². The summed E-state index contributed by atoms with van der Waals surface area (Å²) < 4.78 is 0. The highest BCUT2D eigenvalue weighted by Gasteiger charge is 2.38. The van der Waals surface area contributed by atoms with Gasteiger partial charge in [0.25, 0.3) is 0 Å². The first kappa shape index (κ1) is 11.6. The number of aliphatic carboxylic acids is 1. The second kappa shape index (κ2) is 4.53. The molecule has 0 radical (unpaired) electrons. The average molecular weight is 244 g/mol. The summed E-state index contributed by atoms with van der Waals surface area (Å²) in [4.78, 5) is 26.2. The van der Waals surface area contributed by atoms with Gasteiger partial charge in [-0.05, 0) is 19.3 Å². The zero-order chi connectivity index (χ0) is 11.7. The van der Waals surface area contributed by atoms with Gasteiger partial charge >= 0.3 is 12.0 Å². The summed E-state index contributed by atoms with van der Waals surface area (Å²) in [5.41, 5.74) is 0. The number of amides is 2. The molecule has 1 atom stereocenters. The first-order chi connectivity index (χ1) is 7.61. The molecule has 0 aromatic heterocycles. The van der Waals surface area contributed by atoms with E-state index in [-0.39, 0.29) is 6.03 Å². The molecule has 5 nitrogen and oxygen atoms in total. The number of thioether (sulfide) groups is 1. The number of carbonyl (C=O) groups excluding carboxylic acids is 1. The van der Waals surface area contributed by atoms with Crippen molar-refractivity contribution in [1.82, 2.24) is 9.80 Å². The minimum absolute atomic E-state index is 0.137. The topological polar surface area (TPSA) is 60.9 Å². The number of hydrogen-bond acceptors (Lipinski definition) is 3. The Labute approximate surface area is 98.8 Å². The molecule has 2 amide bonds. The van der Waals surface area contributed by atoms with Crippen LogP contribution in [0.5, 0.6) is 0 Å². The molecule has 0 unspecified atom stereocenters. The third kappa shape index (κ3) is 1.98. The fourth-order valence-electron chi connectivity index (χ4n) is 1.97. The van der Waals surface area contributed by atoms with Crippen LogP contribution in [0.25, 0.3) is 0 Å². The molecule has 0 bridgehead atoms. The van der Waals surface area contributed by atoms with Gasteiger partial charge in [-0.2, -0.15) is 0 Å². The van der Waals surface area contributed by atoms with Gasteiger partial charge in [-0.1, -0.05) is 0 Å². The van der Waals surface area contributed by atoms with Gasteiger partial charge in [0.2, 0.25) is 0 Å². The van der Waals surface area contributed by atoms with Crippen LogP contribution in [0.4, 0.5) is 4.79 Å². The first-order valence-corrected chi connectivity index (χ1v) is 6.60. The van der Waals surface area contributed by atoms with E-state index in [0.29, 0.717) is 17.7 Å². The Kier molecular flexibility index (Phi) is 3.28. The van der Waals surface area contributed by atoms with E-state index < -0.39 is 12.0 Å². The first-order valence-electron chi connectivity index (χ1n) is 5.45. The Morgan fingerprint density at radius 1 is 1.44 bits per heavy atom. The third-order valence-electron chi connectivity index (χ3n) is 3.34. The van der Waals surface area contributed by atoms with Gasteiger partial charge in [-0.25, -0.2) is 9.59 Å². The van der Waals surface area contributed by atoms with Crippen LogP contribution in [0.2, 0.25) is 0 Å². The van der Waals surface area contributed by atoms with Gasteiger partial charge in [0.05, 0.1) is 5.88 Å². The Bertz CT molecular complexity index is 306. The van der Waals surface area contributed by atoms with E-state index in [1.54, 1.807) is 11.9 Å². The quantitative estimate of drug-likeness (QED) is 0.788. The van der Waals surface area contributed by atoms with Crippen molar-refractivity contribution >= 4 is 23.8 Å². The van der Waals surface area contributed by atoms with Gasteiger partial charge in [0, 0.05) is 18.8 Å². The van der Waals surface area contributed by atoms with Crippen LogP contribution in [0.1, 0.15) is 19.3 Å². The molecular formula is C10H16N2O3S. The molecule has 2 fully saturated rings. The summed E-state index contributed by atoms with van der Waals surface area (Å²) in [6.45, 7) is 0. The lowest BCUT2D eigenvalue weighted by atomic mass is 9.92. The molecule has 1 saturated carbocycles. The number of rotatable bonds is 2. The Morgan fingerprint density at radius 3 is 2.62 bits per heavy atom. The van der Waals surface area contributed by atoms with Crippen LogP contribution in [0, 0.1) is 0 Å². The molecule has 1 aliphatic carbocycles. The molecule has 1 N–H and O–H groups in total. The highest BCUT2D eigenvalue weighted by atomic mass is 32.2. The lowest BCUT2D eigenvalue weighted by Gasteiger charge is -2.37. The maximum atomic E-state index is 12.1. The molecule has 2 aliphatic rings. The van der Waals surface area contributed by atoms with E-state index in [1.165, 1.54) is 23.1 Å². The standard InChI is InChI=1S/C10H16N2O3S/c1-11(7-3-2-4-7)10(15)12-6-16-5-8(12)9(13)14/h7-8H,2-6H2,1H3,(H,13,14)/t8-/m0/s1. The normalized spacial score (nSPS) is 25.3. The second-order valence-corrected chi connectivity index (χ2v) is 5.30. The minimum atomic E-state index is -0.902. The van der Waals surface area contributed by atoms with Crippen molar-refractivity contribution in [3.63, 3.8) is 0 Å². The molecule has 6 heteroatoms. The molecule has 0 aromatic rings. The largest absolute Gasteiger partial charge is 0.480 e. The average Bonchev–Trinajstić information content (AvgIpc) is 2.61. The fraction of sp³-hybridized carbons (Fsp3) is 0.800. The van der Waals surface area contributed by atoms with Gasteiger partial charge in [-0.3, -0.25) is 0 Å². The van der Waals surface area contributed by atoms with E-state index in [0.717, 1.165) is 12.8 Å². The van der Waals surface area contributed by atoms with Gasteiger partial charge < -0.3 is 14.9 Å².